The molecule has 0 amide bonds. The lowest BCUT2D eigenvalue weighted by atomic mass is 10.1. The Morgan fingerprint density at radius 3 is 2.70 bits per heavy atom. The number of carbonyl (C=O) groups is 1. The van der Waals surface area contributed by atoms with Crippen molar-refractivity contribution in [2.75, 3.05) is 25.1 Å². The van der Waals surface area contributed by atoms with Crippen LogP contribution in [0.2, 0.25) is 5.02 Å². The number of halogens is 1. The van der Waals surface area contributed by atoms with Gasteiger partial charge in [0.25, 0.3) is 0 Å². The van der Waals surface area contributed by atoms with E-state index in [1.54, 1.807) is 7.11 Å². The fourth-order valence-electron chi connectivity index (χ4n) is 2.61. The SMILES string of the molecule is COCc1cc(N2CCC(=O)CC2)nc(-c2cccc(Cl)c2)n1. The molecular formula is C17H18ClN3O2. The zero-order chi connectivity index (χ0) is 16.2. The minimum atomic E-state index is 0.308. The fourth-order valence-corrected chi connectivity index (χ4v) is 2.80. The molecule has 1 aliphatic rings. The van der Waals surface area contributed by atoms with Gasteiger partial charge in [-0.2, -0.15) is 0 Å². The van der Waals surface area contributed by atoms with Gasteiger partial charge in [0.2, 0.25) is 0 Å². The normalized spacial score (nSPS) is 15.0. The van der Waals surface area contributed by atoms with Crippen molar-refractivity contribution in [2.24, 2.45) is 0 Å². The summed E-state index contributed by atoms with van der Waals surface area (Å²) in [4.78, 5) is 22.8. The molecule has 1 aliphatic heterocycles. The number of ether oxygens (including phenoxy) is 1. The Kier molecular flexibility index (Phi) is 4.88. The summed E-state index contributed by atoms with van der Waals surface area (Å²) in [7, 11) is 1.64. The smallest absolute Gasteiger partial charge is 0.161 e. The number of hydrogen-bond donors (Lipinski definition) is 0. The van der Waals surface area contributed by atoms with Crippen LogP contribution in [0.4, 0.5) is 5.82 Å². The van der Waals surface area contributed by atoms with Gasteiger partial charge < -0.3 is 9.64 Å². The number of anilines is 1. The molecule has 6 heteroatoms. The van der Waals surface area contributed by atoms with Crippen LogP contribution >= 0.6 is 11.6 Å². The van der Waals surface area contributed by atoms with Gasteiger partial charge in [-0.3, -0.25) is 4.79 Å². The number of aromatic nitrogens is 2. The van der Waals surface area contributed by atoms with E-state index in [9.17, 15) is 4.79 Å². The quantitative estimate of drug-likeness (QED) is 0.861. The third kappa shape index (κ3) is 3.86. The molecular weight excluding hydrogens is 314 g/mol. The highest BCUT2D eigenvalue weighted by Crippen LogP contribution is 2.24. The molecule has 0 N–H and O–H groups in total. The number of ketones is 1. The van der Waals surface area contributed by atoms with E-state index in [4.69, 9.17) is 16.3 Å². The number of methoxy groups -OCH3 is 1. The minimum absolute atomic E-state index is 0.308. The van der Waals surface area contributed by atoms with Crippen molar-refractivity contribution >= 4 is 23.2 Å². The summed E-state index contributed by atoms with van der Waals surface area (Å²) in [6.07, 6.45) is 1.13. The minimum Gasteiger partial charge on any atom is -0.378 e. The van der Waals surface area contributed by atoms with Crippen LogP contribution < -0.4 is 4.90 Å². The van der Waals surface area contributed by atoms with Crippen molar-refractivity contribution in [3.63, 3.8) is 0 Å². The molecule has 0 aliphatic carbocycles. The highest BCUT2D eigenvalue weighted by atomic mass is 35.5. The summed E-state index contributed by atoms with van der Waals surface area (Å²) in [5.41, 5.74) is 1.68. The van der Waals surface area contributed by atoms with E-state index in [1.807, 2.05) is 30.3 Å². The predicted molar refractivity (Wildman–Crippen MR) is 89.6 cm³/mol. The second-order valence-electron chi connectivity index (χ2n) is 5.51. The maximum absolute atomic E-state index is 11.4. The first kappa shape index (κ1) is 15.9. The monoisotopic (exact) mass is 331 g/mol. The standard InChI is InChI=1S/C17H18ClN3O2/c1-23-11-14-10-16(21-7-5-15(22)6-8-21)20-17(19-14)12-3-2-4-13(18)9-12/h2-4,9-10H,5-8,11H2,1H3. The molecule has 0 bridgehead atoms. The Hall–Kier alpha value is -1.98. The number of Topliss-reactive ketones (excluding diaryl/α,β-unsaturated/α-hetero) is 1. The van der Waals surface area contributed by atoms with Gasteiger partial charge in [0.05, 0.1) is 12.3 Å². The number of piperidine rings is 1. The highest BCUT2D eigenvalue weighted by molar-refractivity contribution is 6.30. The van der Waals surface area contributed by atoms with Gasteiger partial charge in [-0.15, -0.1) is 0 Å². The molecule has 1 fully saturated rings. The third-order valence-electron chi connectivity index (χ3n) is 3.79. The molecule has 0 unspecified atom stereocenters. The molecule has 0 spiro atoms. The number of nitrogens with zero attached hydrogens (tertiary/aromatic N) is 3. The van der Waals surface area contributed by atoms with Gasteiger partial charge in [-0.25, -0.2) is 9.97 Å². The first-order chi connectivity index (χ1) is 11.2. The lowest BCUT2D eigenvalue weighted by Gasteiger charge is -2.27. The van der Waals surface area contributed by atoms with Gasteiger partial charge in [0.15, 0.2) is 5.82 Å². The molecule has 1 aromatic carbocycles. The number of hydrogen-bond acceptors (Lipinski definition) is 5. The molecule has 0 saturated carbocycles. The average Bonchev–Trinajstić information content (AvgIpc) is 2.55. The van der Waals surface area contributed by atoms with Crippen molar-refractivity contribution in [3.8, 4) is 11.4 Å². The van der Waals surface area contributed by atoms with E-state index in [0.29, 0.717) is 49.2 Å². The molecule has 5 nitrogen and oxygen atoms in total. The van der Waals surface area contributed by atoms with E-state index in [2.05, 4.69) is 14.9 Å². The first-order valence-electron chi connectivity index (χ1n) is 7.55. The molecule has 2 heterocycles. The Bertz CT molecular complexity index is 711. The lowest BCUT2D eigenvalue weighted by Crippen LogP contribution is -2.34. The molecule has 0 atom stereocenters. The molecule has 23 heavy (non-hydrogen) atoms. The van der Waals surface area contributed by atoms with Crippen LogP contribution in [0.25, 0.3) is 11.4 Å². The van der Waals surface area contributed by atoms with Crippen LogP contribution in [0.3, 0.4) is 0 Å². The summed E-state index contributed by atoms with van der Waals surface area (Å²) < 4.78 is 5.21. The van der Waals surface area contributed by atoms with Gasteiger partial charge in [-0.05, 0) is 12.1 Å². The highest BCUT2D eigenvalue weighted by Gasteiger charge is 2.19. The van der Waals surface area contributed by atoms with Gasteiger partial charge in [0, 0.05) is 49.7 Å². The predicted octanol–water partition coefficient (Wildman–Crippen LogP) is 3.11. The second-order valence-corrected chi connectivity index (χ2v) is 5.95. The zero-order valence-electron chi connectivity index (χ0n) is 13.0. The van der Waals surface area contributed by atoms with E-state index in [0.717, 1.165) is 17.1 Å². The summed E-state index contributed by atoms with van der Waals surface area (Å²) in [6.45, 7) is 1.80. The van der Waals surface area contributed by atoms with E-state index in [1.165, 1.54) is 0 Å². The van der Waals surface area contributed by atoms with Crippen LogP contribution in [0, 0.1) is 0 Å². The Labute approximate surface area is 140 Å². The molecule has 1 saturated heterocycles. The average molecular weight is 332 g/mol. The maximum atomic E-state index is 11.4. The largest absolute Gasteiger partial charge is 0.378 e. The maximum Gasteiger partial charge on any atom is 0.161 e. The fraction of sp³-hybridized carbons (Fsp3) is 0.353. The van der Waals surface area contributed by atoms with Crippen LogP contribution in [-0.2, 0) is 16.1 Å². The summed E-state index contributed by atoms with van der Waals surface area (Å²) in [5.74, 6) is 1.76. The van der Waals surface area contributed by atoms with Crippen LogP contribution in [0.15, 0.2) is 30.3 Å². The van der Waals surface area contributed by atoms with Crippen LogP contribution in [-0.4, -0.2) is 36.0 Å². The Morgan fingerprint density at radius 1 is 1.22 bits per heavy atom. The van der Waals surface area contributed by atoms with Crippen LogP contribution in [0.5, 0.6) is 0 Å². The summed E-state index contributed by atoms with van der Waals surface area (Å²) in [5, 5.41) is 0.647. The summed E-state index contributed by atoms with van der Waals surface area (Å²) in [6, 6.07) is 9.40. The van der Waals surface area contributed by atoms with Crippen molar-refractivity contribution in [2.45, 2.75) is 19.4 Å². The van der Waals surface area contributed by atoms with Gasteiger partial charge in [0.1, 0.15) is 11.6 Å². The van der Waals surface area contributed by atoms with Crippen molar-refractivity contribution < 1.29 is 9.53 Å². The molecule has 120 valence electrons. The molecule has 3 rings (SSSR count). The zero-order valence-corrected chi connectivity index (χ0v) is 13.7. The molecule has 1 aromatic heterocycles. The second kappa shape index (κ2) is 7.06. The van der Waals surface area contributed by atoms with Crippen molar-refractivity contribution in [1.82, 2.24) is 9.97 Å². The Balaban J connectivity index is 1.97. The number of carbonyl (C=O) groups excluding carboxylic acids is 1. The molecule has 2 aromatic rings. The van der Waals surface area contributed by atoms with Gasteiger partial charge >= 0.3 is 0 Å². The van der Waals surface area contributed by atoms with Crippen molar-refractivity contribution in [3.05, 3.63) is 41.0 Å². The Morgan fingerprint density at radius 2 is 2.00 bits per heavy atom. The lowest BCUT2D eigenvalue weighted by molar-refractivity contribution is -0.119. The van der Waals surface area contributed by atoms with E-state index in [-0.39, 0.29) is 0 Å². The van der Waals surface area contributed by atoms with E-state index >= 15 is 0 Å². The molecule has 0 radical (unpaired) electrons. The number of benzene rings is 1. The summed E-state index contributed by atoms with van der Waals surface area (Å²) >= 11 is 6.07. The van der Waals surface area contributed by atoms with Gasteiger partial charge in [-0.1, -0.05) is 23.7 Å². The van der Waals surface area contributed by atoms with Crippen molar-refractivity contribution in [1.29, 1.82) is 0 Å². The van der Waals surface area contributed by atoms with E-state index < -0.39 is 0 Å². The third-order valence-corrected chi connectivity index (χ3v) is 4.02. The number of rotatable bonds is 4. The topological polar surface area (TPSA) is 55.3 Å². The first-order valence-corrected chi connectivity index (χ1v) is 7.93. The van der Waals surface area contributed by atoms with Crippen LogP contribution in [0.1, 0.15) is 18.5 Å².